The fourth-order valence-electron chi connectivity index (χ4n) is 3.68. The topological polar surface area (TPSA) is 118 Å². The van der Waals surface area contributed by atoms with Crippen LogP contribution in [0.3, 0.4) is 0 Å². The van der Waals surface area contributed by atoms with Gasteiger partial charge < -0.3 is 20.9 Å². The van der Waals surface area contributed by atoms with Crippen molar-refractivity contribution in [2.45, 2.75) is 37.3 Å². The fraction of sp³-hybridized carbons (Fsp3) is 0.520. The average molecular weight is 499 g/mol. The molecule has 3 unspecified atom stereocenters. The van der Waals surface area contributed by atoms with Gasteiger partial charge in [-0.25, -0.2) is 0 Å². The first kappa shape index (κ1) is 28.0. The maximum absolute atomic E-state index is 12.9. The van der Waals surface area contributed by atoms with Gasteiger partial charge in [-0.2, -0.15) is 5.26 Å². The molecule has 10 heteroatoms. The molecule has 1 aromatic carbocycles. The SMILES string of the molecule is C#CCNC(=O)C(C#N)CC1SC(CCNc2cccc(NC(=O)CN(C)CC)c2)C(=O)N1CC. The third-order valence-electron chi connectivity index (χ3n) is 5.68. The predicted molar refractivity (Wildman–Crippen MR) is 139 cm³/mol. The van der Waals surface area contributed by atoms with E-state index in [9.17, 15) is 19.6 Å². The number of carbonyl (C=O) groups is 3. The molecule has 0 spiro atoms. The molecule has 3 atom stereocenters. The zero-order valence-corrected chi connectivity index (χ0v) is 21.4. The van der Waals surface area contributed by atoms with Crippen LogP contribution in [0.2, 0.25) is 0 Å². The zero-order chi connectivity index (χ0) is 25.8. The van der Waals surface area contributed by atoms with E-state index in [0.717, 1.165) is 12.2 Å². The van der Waals surface area contributed by atoms with Crippen LogP contribution in [0.4, 0.5) is 11.4 Å². The summed E-state index contributed by atoms with van der Waals surface area (Å²) in [5, 5.41) is 17.7. The van der Waals surface area contributed by atoms with Crippen molar-refractivity contribution in [2.24, 2.45) is 5.92 Å². The van der Waals surface area contributed by atoms with Crippen LogP contribution in [0, 0.1) is 29.6 Å². The Balaban J connectivity index is 1.90. The third kappa shape index (κ3) is 8.50. The summed E-state index contributed by atoms with van der Waals surface area (Å²) in [6.07, 6.45) is 6.02. The molecule has 2 rings (SSSR count). The number of nitriles is 1. The molecule has 1 saturated heterocycles. The van der Waals surface area contributed by atoms with Gasteiger partial charge in [0.25, 0.3) is 0 Å². The number of benzene rings is 1. The Bertz CT molecular complexity index is 973. The van der Waals surface area contributed by atoms with Gasteiger partial charge in [-0.05, 0) is 45.1 Å². The number of rotatable bonds is 13. The van der Waals surface area contributed by atoms with Gasteiger partial charge >= 0.3 is 0 Å². The molecule has 1 heterocycles. The zero-order valence-electron chi connectivity index (χ0n) is 20.5. The van der Waals surface area contributed by atoms with Gasteiger partial charge in [0.1, 0.15) is 5.92 Å². The number of hydrogen-bond acceptors (Lipinski definition) is 7. The molecule has 0 saturated carbocycles. The standard InChI is InChI=1S/C25H34N6O3S/c1-5-12-28-24(33)18(16-26)14-23-31(7-3)25(34)21(35-23)11-13-27-19-9-8-10-20(15-19)29-22(32)17-30(4)6-2/h1,8-10,15,18,21,23,27H,6-7,11-14,17H2,2-4H3,(H,28,33)(H,29,32). The van der Waals surface area contributed by atoms with E-state index in [1.807, 2.05) is 56.1 Å². The van der Waals surface area contributed by atoms with E-state index >= 15 is 0 Å². The monoisotopic (exact) mass is 498 g/mol. The second-order valence-corrected chi connectivity index (χ2v) is 9.60. The van der Waals surface area contributed by atoms with Crippen molar-refractivity contribution in [2.75, 3.05) is 50.4 Å². The predicted octanol–water partition coefficient (Wildman–Crippen LogP) is 1.95. The number of amides is 3. The minimum atomic E-state index is -0.866. The van der Waals surface area contributed by atoms with E-state index in [1.54, 1.807) is 4.90 Å². The molecule has 0 radical (unpaired) electrons. The van der Waals surface area contributed by atoms with Gasteiger partial charge in [-0.15, -0.1) is 18.2 Å². The fourth-order valence-corrected chi connectivity index (χ4v) is 5.26. The van der Waals surface area contributed by atoms with Crippen LogP contribution in [0.25, 0.3) is 0 Å². The van der Waals surface area contributed by atoms with Crippen LogP contribution in [-0.2, 0) is 14.4 Å². The molecular weight excluding hydrogens is 464 g/mol. The maximum Gasteiger partial charge on any atom is 0.238 e. The third-order valence-corrected chi connectivity index (χ3v) is 7.20. The number of hydrogen-bond donors (Lipinski definition) is 3. The minimum Gasteiger partial charge on any atom is -0.385 e. The number of nitrogens with zero attached hydrogens (tertiary/aromatic N) is 3. The first-order chi connectivity index (χ1) is 16.8. The lowest BCUT2D eigenvalue weighted by molar-refractivity contribution is -0.131. The summed E-state index contributed by atoms with van der Waals surface area (Å²) < 4.78 is 0. The van der Waals surface area contributed by atoms with Gasteiger partial charge in [-0.3, -0.25) is 19.3 Å². The quantitative estimate of drug-likeness (QED) is 0.356. The second kappa shape index (κ2) is 14.2. The van der Waals surface area contributed by atoms with E-state index < -0.39 is 11.8 Å². The molecular formula is C25H34N6O3S. The maximum atomic E-state index is 12.9. The van der Waals surface area contributed by atoms with Crippen molar-refractivity contribution in [3.63, 3.8) is 0 Å². The van der Waals surface area contributed by atoms with Crippen LogP contribution < -0.4 is 16.0 Å². The van der Waals surface area contributed by atoms with Crippen molar-refractivity contribution >= 4 is 40.9 Å². The molecule has 9 nitrogen and oxygen atoms in total. The van der Waals surface area contributed by atoms with Crippen molar-refractivity contribution in [3.05, 3.63) is 24.3 Å². The van der Waals surface area contributed by atoms with Crippen LogP contribution in [-0.4, -0.2) is 77.9 Å². The van der Waals surface area contributed by atoms with Crippen LogP contribution in [0.15, 0.2) is 24.3 Å². The van der Waals surface area contributed by atoms with Gasteiger partial charge in [0, 0.05) is 30.9 Å². The lowest BCUT2D eigenvalue weighted by Crippen LogP contribution is -2.38. The Kier molecular flexibility index (Phi) is 11.4. The van der Waals surface area contributed by atoms with Crippen LogP contribution in [0.1, 0.15) is 26.7 Å². The summed E-state index contributed by atoms with van der Waals surface area (Å²) in [6, 6.07) is 9.50. The largest absolute Gasteiger partial charge is 0.385 e. The number of carbonyl (C=O) groups excluding carboxylic acids is 3. The summed E-state index contributed by atoms with van der Waals surface area (Å²) >= 11 is 1.49. The van der Waals surface area contributed by atoms with E-state index in [4.69, 9.17) is 6.42 Å². The molecule has 1 aliphatic heterocycles. The molecule has 0 aromatic heterocycles. The number of thioether (sulfide) groups is 1. The number of anilines is 2. The minimum absolute atomic E-state index is 0.0195. The molecule has 1 aliphatic rings. The highest BCUT2D eigenvalue weighted by molar-refractivity contribution is 8.01. The van der Waals surface area contributed by atoms with E-state index in [1.165, 1.54) is 11.8 Å². The van der Waals surface area contributed by atoms with Gasteiger partial charge in [0.05, 0.1) is 29.8 Å². The molecule has 3 N–H and O–H groups in total. The van der Waals surface area contributed by atoms with E-state index in [-0.39, 0.29) is 35.4 Å². The molecule has 0 aliphatic carbocycles. The average Bonchev–Trinajstić information content (AvgIpc) is 3.14. The number of terminal acetylenes is 1. The summed E-state index contributed by atoms with van der Waals surface area (Å²) in [5.41, 5.74) is 1.56. The summed E-state index contributed by atoms with van der Waals surface area (Å²) in [6.45, 7) is 6.15. The van der Waals surface area contributed by atoms with Gasteiger partial charge in [0.15, 0.2) is 0 Å². The lowest BCUT2D eigenvalue weighted by Gasteiger charge is -2.23. The molecule has 3 amide bonds. The second-order valence-electron chi connectivity index (χ2n) is 8.22. The first-order valence-corrected chi connectivity index (χ1v) is 12.7. The Hall–Kier alpha value is -3.21. The summed E-state index contributed by atoms with van der Waals surface area (Å²) in [7, 11) is 1.89. The van der Waals surface area contributed by atoms with E-state index in [2.05, 4.69) is 21.9 Å². The Morgan fingerprint density at radius 2 is 2.06 bits per heavy atom. The Morgan fingerprint density at radius 3 is 2.71 bits per heavy atom. The molecule has 0 bridgehead atoms. The summed E-state index contributed by atoms with van der Waals surface area (Å²) in [5.74, 6) is 0.993. The number of likely N-dealkylation sites (N-methyl/N-ethyl adjacent to an activating group) is 1. The number of nitrogens with one attached hydrogen (secondary N) is 3. The molecule has 1 aromatic rings. The highest BCUT2D eigenvalue weighted by Crippen LogP contribution is 2.37. The van der Waals surface area contributed by atoms with Crippen molar-refractivity contribution in [3.8, 4) is 18.4 Å². The highest BCUT2D eigenvalue weighted by atomic mass is 32.2. The Morgan fingerprint density at radius 1 is 1.31 bits per heavy atom. The normalized spacial score (nSPS) is 18.0. The van der Waals surface area contributed by atoms with E-state index in [0.29, 0.717) is 31.7 Å². The molecule has 188 valence electrons. The summed E-state index contributed by atoms with van der Waals surface area (Å²) in [4.78, 5) is 40.9. The van der Waals surface area contributed by atoms with Crippen LogP contribution in [0.5, 0.6) is 0 Å². The first-order valence-electron chi connectivity index (χ1n) is 11.7. The van der Waals surface area contributed by atoms with Gasteiger partial charge in [-0.1, -0.05) is 18.9 Å². The lowest BCUT2D eigenvalue weighted by atomic mass is 10.1. The molecule has 1 fully saturated rings. The Labute approximate surface area is 212 Å². The van der Waals surface area contributed by atoms with Gasteiger partial charge in [0.2, 0.25) is 17.7 Å². The highest BCUT2D eigenvalue weighted by Gasteiger charge is 2.40. The van der Waals surface area contributed by atoms with Crippen molar-refractivity contribution in [1.29, 1.82) is 5.26 Å². The van der Waals surface area contributed by atoms with Crippen molar-refractivity contribution < 1.29 is 14.4 Å². The van der Waals surface area contributed by atoms with Crippen LogP contribution >= 0.6 is 11.8 Å². The molecule has 35 heavy (non-hydrogen) atoms. The smallest absolute Gasteiger partial charge is 0.238 e. The van der Waals surface area contributed by atoms with Crippen molar-refractivity contribution in [1.82, 2.24) is 15.1 Å².